The van der Waals surface area contributed by atoms with Gasteiger partial charge in [0.05, 0.1) is 5.41 Å². The second-order valence-electron chi connectivity index (χ2n) is 10.8. The van der Waals surface area contributed by atoms with Gasteiger partial charge in [0.25, 0.3) is 0 Å². The smallest absolute Gasteiger partial charge is 0.226 e. The van der Waals surface area contributed by atoms with Crippen LogP contribution in [0, 0.1) is 16.7 Å². The Bertz CT molecular complexity index is 733. The molecule has 4 bridgehead atoms. The molecule has 0 aromatic heterocycles. The average molecular weight is 367 g/mol. The molecule has 5 fully saturated rings. The first kappa shape index (κ1) is 17.7. The fourth-order valence-electron chi connectivity index (χ4n) is 7.89. The molecule has 1 aromatic carbocycles. The minimum atomic E-state index is -0.141. The van der Waals surface area contributed by atoms with Gasteiger partial charge in [0.1, 0.15) is 0 Å². The predicted molar refractivity (Wildman–Crippen MR) is 108 cm³/mol. The number of nitrogens with one attached hydrogen (secondary N) is 2. The summed E-state index contributed by atoms with van der Waals surface area (Å²) in [6.45, 7) is 5.71. The Hall–Kier alpha value is -1.35. The minimum Gasteiger partial charge on any atom is -0.353 e. The molecule has 1 aromatic rings. The monoisotopic (exact) mass is 366 g/mol. The van der Waals surface area contributed by atoms with E-state index in [9.17, 15) is 4.79 Å². The highest BCUT2D eigenvalue weighted by Crippen LogP contribution is 2.70. The van der Waals surface area contributed by atoms with E-state index >= 15 is 0 Å². The van der Waals surface area contributed by atoms with Crippen molar-refractivity contribution in [2.45, 2.75) is 82.7 Å². The zero-order chi connectivity index (χ0) is 18.7. The summed E-state index contributed by atoms with van der Waals surface area (Å²) in [4.78, 5) is 13.7. The summed E-state index contributed by atoms with van der Waals surface area (Å²) in [5.74, 6) is 1.08. The Labute approximate surface area is 163 Å². The zero-order valence-corrected chi connectivity index (χ0v) is 16.9. The van der Waals surface area contributed by atoms with Gasteiger partial charge < -0.3 is 10.6 Å². The molecule has 3 nitrogen and oxygen atoms in total. The lowest BCUT2D eigenvalue weighted by molar-refractivity contribution is -0.161. The van der Waals surface area contributed by atoms with E-state index in [1.165, 1.54) is 24.8 Å². The van der Waals surface area contributed by atoms with Crippen molar-refractivity contribution < 1.29 is 4.79 Å². The van der Waals surface area contributed by atoms with Crippen LogP contribution in [0.4, 0.5) is 0 Å². The second kappa shape index (κ2) is 6.07. The molecule has 1 heterocycles. The lowest BCUT2D eigenvalue weighted by atomic mass is 9.38. The highest BCUT2D eigenvalue weighted by molar-refractivity contribution is 5.84. The predicted octanol–water partition coefficient (Wildman–Crippen LogP) is 4.17. The third-order valence-electron chi connectivity index (χ3n) is 8.17. The molecular weight excluding hydrogens is 332 g/mol. The average Bonchev–Trinajstić information content (AvgIpc) is 2.60. The molecule has 0 spiro atoms. The number of amides is 1. The van der Waals surface area contributed by atoms with Gasteiger partial charge >= 0.3 is 0 Å². The van der Waals surface area contributed by atoms with Crippen molar-refractivity contribution in [3.63, 3.8) is 0 Å². The van der Waals surface area contributed by atoms with Crippen molar-refractivity contribution in [2.24, 2.45) is 16.7 Å². The summed E-state index contributed by atoms with van der Waals surface area (Å²) >= 11 is 0. The van der Waals surface area contributed by atoms with E-state index in [1.54, 1.807) is 0 Å². The van der Waals surface area contributed by atoms with Crippen molar-refractivity contribution in [1.82, 2.24) is 10.6 Å². The van der Waals surface area contributed by atoms with Gasteiger partial charge in [-0.05, 0) is 87.1 Å². The first-order valence-electron chi connectivity index (χ1n) is 11.0. The number of carbonyl (C=O) groups excluding carboxylic acids is 1. The second-order valence-corrected chi connectivity index (χ2v) is 10.8. The summed E-state index contributed by atoms with van der Waals surface area (Å²) in [5.41, 5.74) is 1.88. The van der Waals surface area contributed by atoms with Crippen molar-refractivity contribution in [1.29, 1.82) is 0 Å². The summed E-state index contributed by atoms with van der Waals surface area (Å²) in [6.07, 6.45) is 9.26. The SMILES string of the molecule is C[C@H]1C[C@@H](NC(=O)C23CC4C[C@@](C)(C2)C[C@](c2ccccc2)(C4)C3)CCN1. The highest BCUT2D eigenvalue weighted by Gasteiger charge is 2.64. The Kier molecular flexibility index (Phi) is 3.99. The molecule has 2 N–H and O–H groups in total. The number of hydrogen-bond acceptors (Lipinski definition) is 2. The molecule has 6 atom stereocenters. The van der Waals surface area contributed by atoms with Gasteiger partial charge in [-0.15, -0.1) is 0 Å². The summed E-state index contributed by atoms with van der Waals surface area (Å²) in [5, 5.41) is 7.02. The molecule has 1 amide bonds. The topological polar surface area (TPSA) is 41.1 Å². The molecule has 0 radical (unpaired) electrons. The lowest BCUT2D eigenvalue weighted by Crippen LogP contribution is -2.63. The molecular formula is C24H34N2O. The molecule has 4 saturated carbocycles. The first-order valence-corrected chi connectivity index (χ1v) is 11.0. The van der Waals surface area contributed by atoms with Crippen molar-refractivity contribution in [3.05, 3.63) is 35.9 Å². The van der Waals surface area contributed by atoms with E-state index in [-0.39, 0.29) is 10.8 Å². The van der Waals surface area contributed by atoms with Crippen molar-refractivity contribution in [3.8, 4) is 0 Å². The normalized spacial score (nSPS) is 45.6. The van der Waals surface area contributed by atoms with Crippen molar-refractivity contribution >= 4 is 5.91 Å². The van der Waals surface area contributed by atoms with E-state index in [0.29, 0.717) is 29.3 Å². The fourth-order valence-corrected chi connectivity index (χ4v) is 7.89. The van der Waals surface area contributed by atoms with E-state index < -0.39 is 0 Å². The van der Waals surface area contributed by atoms with E-state index in [1.807, 2.05) is 0 Å². The largest absolute Gasteiger partial charge is 0.353 e. The molecule has 1 saturated heterocycles. The minimum absolute atomic E-state index is 0.141. The van der Waals surface area contributed by atoms with Crippen LogP contribution in [0.15, 0.2) is 30.3 Å². The van der Waals surface area contributed by atoms with Crippen LogP contribution in [-0.4, -0.2) is 24.5 Å². The maximum absolute atomic E-state index is 13.7. The molecule has 3 heteroatoms. The van der Waals surface area contributed by atoms with Gasteiger partial charge in [-0.3, -0.25) is 4.79 Å². The van der Waals surface area contributed by atoms with Gasteiger partial charge in [0.2, 0.25) is 5.91 Å². The van der Waals surface area contributed by atoms with E-state index in [0.717, 1.165) is 38.6 Å². The van der Waals surface area contributed by atoms with E-state index in [4.69, 9.17) is 0 Å². The van der Waals surface area contributed by atoms with Crippen LogP contribution in [0.1, 0.15) is 70.8 Å². The third-order valence-corrected chi connectivity index (χ3v) is 8.17. The summed E-state index contributed by atoms with van der Waals surface area (Å²) in [6, 6.07) is 12.0. The number of piperidine rings is 1. The van der Waals surface area contributed by atoms with Crippen LogP contribution < -0.4 is 10.6 Å². The maximum atomic E-state index is 13.7. The number of hydrogen-bond donors (Lipinski definition) is 2. The summed E-state index contributed by atoms with van der Waals surface area (Å²) < 4.78 is 0. The Balaban J connectivity index is 1.45. The standard InChI is InChI=1S/C24H34N2O/c1-17-10-20(8-9-25-17)26-21(27)24-13-18-11-22(2,15-24)14-23(12-18,16-24)19-6-4-3-5-7-19/h3-7,17-18,20,25H,8-16H2,1-2H3,(H,26,27)/t17-,18?,20-,22+,23+,24?/m0/s1. The van der Waals surface area contributed by atoms with Crippen LogP contribution in [0.3, 0.4) is 0 Å². The molecule has 27 heavy (non-hydrogen) atoms. The Morgan fingerprint density at radius 3 is 2.67 bits per heavy atom. The zero-order valence-electron chi connectivity index (χ0n) is 16.9. The van der Waals surface area contributed by atoms with Crippen LogP contribution in [0.2, 0.25) is 0 Å². The number of carbonyl (C=O) groups is 1. The van der Waals surface area contributed by atoms with E-state index in [2.05, 4.69) is 54.8 Å². The molecule has 4 aliphatic carbocycles. The first-order chi connectivity index (χ1) is 12.9. The van der Waals surface area contributed by atoms with Crippen LogP contribution >= 0.6 is 0 Å². The number of benzene rings is 1. The van der Waals surface area contributed by atoms with Crippen molar-refractivity contribution in [2.75, 3.05) is 6.54 Å². The molecule has 2 unspecified atom stereocenters. The lowest BCUT2D eigenvalue weighted by Gasteiger charge is -2.65. The fraction of sp³-hybridized carbons (Fsp3) is 0.708. The number of rotatable bonds is 3. The molecule has 1 aliphatic heterocycles. The maximum Gasteiger partial charge on any atom is 0.226 e. The highest BCUT2D eigenvalue weighted by atomic mass is 16.2. The van der Waals surface area contributed by atoms with Gasteiger partial charge in [0.15, 0.2) is 0 Å². The molecule has 6 rings (SSSR count). The Morgan fingerprint density at radius 1 is 1.11 bits per heavy atom. The Morgan fingerprint density at radius 2 is 1.93 bits per heavy atom. The van der Waals surface area contributed by atoms with Gasteiger partial charge in [-0.2, -0.15) is 0 Å². The van der Waals surface area contributed by atoms with Crippen LogP contribution in [0.5, 0.6) is 0 Å². The summed E-state index contributed by atoms with van der Waals surface area (Å²) in [7, 11) is 0. The van der Waals surface area contributed by atoms with Gasteiger partial charge in [0, 0.05) is 12.1 Å². The quantitative estimate of drug-likeness (QED) is 0.843. The molecule has 5 aliphatic rings. The third kappa shape index (κ3) is 2.93. The van der Waals surface area contributed by atoms with Crippen LogP contribution in [-0.2, 0) is 10.2 Å². The van der Waals surface area contributed by atoms with Gasteiger partial charge in [-0.1, -0.05) is 37.3 Å². The van der Waals surface area contributed by atoms with Crippen LogP contribution in [0.25, 0.3) is 0 Å². The van der Waals surface area contributed by atoms with Gasteiger partial charge in [-0.25, -0.2) is 0 Å². The molecule has 146 valence electrons.